The van der Waals surface area contributed by atoms with E-state index in [-0.39, 0.29) is 22.3 Å². The molecule has 0 saturated carbocycles. The second kappa shape index (κ2) is 5.54. The maximum Gasteiger partial charge on any atom is 0.271 e. The summed E-state index contributed by atoms with van der Waals surface area (Å²) in [4.78, 5) is 9.86. The van der Waals surface area contributed by atoms with Gasteiger partial charge in [-0.05, 0) is 19.4 Å². The molecule has 0 aromatic heterocycles. The maximum absolute atomic E-state index is 12.3. The number of nitro benzene ring substituents is 1. The summed E-state index contributed by atoms with van der Waals surface area (Å²) in [5, 5.41) is 10.6. The zero-order valence-corrected chi connectivity index (χ0v) is 11.8. The lowest BCUT2D eigenvalue weighted by Gasteiger charge is -2.23. The lowest BCUT2D eigenvalue weighted by Crippen LogP contribution is -2.35. The summed E-state index contributed by atoms with van der Waals surface area (Å²) in [6.45, 7) is 3.65. The molecule has 0 aliphatic rings. The molecule has 7 nitrogen and oxygen atoms in total. The van der Waals surface area contributed by atoms with Gasteiger partial charge in [-0.1, -0.05) is 6.92 Å². The van der Waals surface area contributed by atoms with Crippen LogP contribution in [0.25, 0.3) is 0 Å². The normalized spacial score (nSPS) is 13.5. The summed E-state index contributed by atoms with van der Waals surface area (Å²) in [6.07, 6.45) is 0.655. The van der Waals surface area contributed by atoms with Gasteiger partial charge in [0, 0.05) is 25.2 Å². The fourth-order valence-electron chi connectivity index (χ4n) is 1.53. The minimum Gasteiger partial charge on any atom is -0.397 e. The predicted octanol–water partition coefficient (Wildman–Crippen LogP) is 1.60. The van der Waals surface area contributed by atoms with E-state index in [1.807, 2.05) is 6.92 Å². The van der Waals surface area contributed by atoms with Crippen LogP contribution >= 0.6 is 0 Å². The third kappa shape index (κ3) is 3.02. The Morgan fingerprint density at radius 2 is 2.05 bits per heavy atom. The first kappa shape index (κ1) is 15.4. The zero-order chi connectivity index (χ0) is 14.8. The van der Waals surface area contributed by atoms with Crippen molar-refractivity contribution in [2.24, 2.45) is 0 Å². The van der Waals surface area contributed by atoms with E-state index in [1.54, 1.807) is 6.92 Å². The van der Waals surface area contributed by atoms with Crippen molar-refractivity contribution >= 4 is 21.4 Å². The molecule has 0 fully saturated rings. The van der Waals surface area contributed by atoms with E-state index < -0.39 is 14.9 Å². The monoisotopic (exact) mass is 287 g/mol. The summed E-state index contributed by atoms with van der Waals surface area (Å²) >= 11 is 0. The number of nitrogens with two attached hydrogens (primary N) is 1. The summed E-state index contributed by atoms with van der Waals surface area (Å²) in [5.41, 5.74) is 5.26. The Labute approximate surface area is 112 Å². The van der Waals surface area contributed by atoms with Crippen LogP contribution in [-0.4, -0.2) is 30.7 Å². The van der Waals surface area contributed by atoms with Gasteiger partial charge in [0.25, 0.3) is 5.69 Å². The van der Waals surface area contributed by atoms with E-state index >= 15 is 0 Å². The van der Waals surface area contributed by atoms with E-state index in [1.165, 1.54) is 17.4 Å². The number of benzene rings is 1. The predicted molar refractivity (Wildman–Crippen MR) is 72.2 cm³/mol. The van der Waals surface area contributed by atoms with Crippen molar-refractivity contribution in [3.63, 3.8) is 0 Å². The third-order valence-electron chi connectivity index (χ3n) is 3.07. The van der Waals surface area contributed by atoms with E-state index in [0.29, 0.717) is 6.42 Å². The van der Waals surface area contributed by atoms with Gasteiger partial charge in [0.1, 0.15) is 4.90 Å². The van der Waals surface area contributed by atoms with E-state index in [0.717, 1.165) is 12.1 Å². The van der Waals surface area contributed by atoms with Crippen LogP contribution in [-0.2, 0) is 10.0 Å². The summed E-state index contributed by atoms with van der Waals surface area (Å²) < 4.78 is 25.8. The van der Waals surface area contributed by atoms with Gasteiger partial charge in [-0.25, -0.2) is 8.42 Å². The third-order valence-corrected chi connectivity index (χ3v) is 5.12. The molecule has 0 radical (unpaired) electrons. The zero-order valence-electron chi connectivity index (χ0n) is 11.0. The molecule has 0 heterocycles. The number of nitro groups is 1. The van der Waals surface area contributed by atoms with Crippen LogP contribution < -0.4 is 5.73 Å². The van der Waals surface area contributed by atoms with Crippen molar-refractivity contribution in [2.45, 2.75) is 31.2 Å². The largest absolute Gasteiger partial charge is 0.397 e. The Balaban J connectivity index is 3.27. The minimum absolute atomic E-state index is 0.110. The molecule has 106 valence electrons. The summed E-state index contributed by atoms with van der Waals surface area (Å²) in [5.74, 6) is 0. The van der Waals surface area contributed by atoms with Gasteiger partial charge in [-0.3, -0.25) is 10.1 Å². The fourth-order valence-corrected chi connectivity index (χ4v) is 3.06. The van der Waals surface area contributed by atoms with Crippen LogP contribution in [0.3, 0.4) is 0 Å². The summed E-state index contributed by atoms with van der Waals surface area (Å²) in [7, 11) is -2.28. The molecule has 0 bridgehead atoms. The molecule has 2 N–H and O–H groups in total. The van der Waals surface area contributed by atoms with Crippen molar-refractivity contribution in [3.05, 3.63) is 28.3 Å². The van der Waals surface area contributed by atoms with Crippen LogP contribution in [0, 0.1) is 10.1 Å². The first-order chi connectivity index (χ1) is 8.71. The molecule has 1 aromatic carbocycles. The van der Waals surface area contributed by atoms with Crippen LogP contribution in [0.1, 0.15) is 20.3 Å². The van der Waals surface area contributed by atoms with Crippen molar-refractivity contribution in [3.8, 4) is 0 Å². The molecular weight excluding hydrogens is 270 g/mol. The van der Waals surface area contributed by atoms with Crippen LogP contribution in [0.15, 0.2) is 23.1 Å². The van der Waals surface area contributed by atoms with Crippen LogP contribution in [0.5, 0.6) is 0 Å². The number of nitrogens with zero attached hydrogens (tertiary/aromatic N) is 2. The SMILES string of the molecule is CCC(C)N(C)S(=O)(=O)c1ccc([N+](=O)[O-])cc1N. The van der Waals surface area contributed by atoms with Gasteiger partial charge in [-0.2, -0.15) is 4.31 Å². The number of rotatable bonds is 5. The molecule has 1 atom stereocenters. The van der Waals surface area contributed by atoms with E-state index in [4.69, 9.17) is 5.73 Å². The quantitative estimate of drug-likeness (QED) is 0.503. The highest BCUT2D eigenvalue weighted by Crippen LogP contribution is 2.27. The molecule has 0 aliphatic heterocycles. The molecule has 19 heavy (non-hydrogen) atoms. The molecule has 1 rings (SSSR count). The first-order valence-electron chi connectivity index (χ1n) is 5.73. The van der Waals surface area contributed by atoms with Crippen LogP contribution in [0.4, 0.5) is 11.4 Å². The second-order valence-electron chi connectivity index (χ2n) is 4.26. The van der Waals surface area contributed by atoms with Gasteiger partial charge >= 0.3 is 0 Å². The topological polar surface area (TPSA) is 107 Å². The molecule has 0 spiro atoms. The van der Waals surface area contributed by atoms with Gasteiger partial charge in [0.15, 0.2) is 0 Å². The maximum atomic E-state index is 12.3. The molecule has 0 aliphatic carbocycles. The smallest absolute Gasteiger partial charge is 0.271 e. The molecule has 0 saturated heterocycles. The molecule has 0 amide bonds. The Kier molecular flexibility index (Phi) is 4.48. The highest BCUT2D eigenvalue weighted by atomic mass is 32.2. The van der Waals surface area contributed by atoms with Crippen molar-refractivity contribution < 1.29 is 13.3 Å². The fraction of sp³-hybridized carbons (Fsp3) is 0.455. The van der Waals surface area contributed by atoms with Crippen molar-refractivity contribution in [2.75, 3.05) is 12.8 Å². The molecule has 8 heteroatoms. The Morgan fingerprint density at radius 1 is 1.47 bits per heavy atom. The lowest BCUT2D eigenvalue weighted by atomic mass is 10.3. The standard InChI is InChI=1S/C11H17N3O4S/c1-4-8(2)13(3)19(17,18)11-6-5-9(14(15)16)7-10(11)12/h5-8H,4,12H2,1-3H3. The van der Waals surface area contributed by atoms with Crippen LogP contribution in [0.2, 0.25) is 0 Å². The Bertz CT molecular complexity index is 586. The highest BCUT2D eigenvalue weighted by molar-refractivity contribution is 7.89. The van der Waals surface area contributed by atoms with Gasteiger partial charge < -0.3 is 5.73 Å². The average Bonchev–Trinajstić information content (AvgIpc) is 2.36. The first-order valence-corrected chi connectivity index (χ1v) is 7.17. The van der Waals surface area contributed by atoms with Crippen molar-refractivity contribution in [1.29, 1.82) is 0 Å². The number of non-ortho nitro benzene ring substituents is 1. The Hall–Kier alpha value is -1.67. The lowest BCUT2D eigenvalue weighted by molar-refractivity contribution is -0.384. The molecule has 1 unspecified atom stereocenters. The number of sulfonamides is 1. The number of hydrogen-bond donors (Lipinski definition) is 1. The van der Waals surface area contributed by atoms with Gasteiger partial charge in [0.2, 0.25) is 10.0 Å². The number of anilines is 1. The van der Waals surface area contributed by atoms with Gasteiger partial charge in [0.05, 0.1) is 10.6 Å². The number of hydrogen-bond acceptors (Lipinski definition) is 5. The second-order valence-corrected chi connectivity index (χ2v) is 6.22. The minimum atomic E-state index is -3.74. The summed E-state index contributed by atoms with van der Waals surface area (Å²) in [6, 6.07) is 3.17. The molecular formula is C11H17N3O4S. The molecule has 1 aromatic rings. The van der Waals surface area contributed by atoms with E-state index in [9.17, 15) is 18.5 Å². The van der Waals surface area contributed by atoms with E-state index in [2.05, 4.69) is 0 Å². The average molecular weight is 287 g/mol. The number of nitrogen functional groups attached to an aromatic ring is 1. The highest BCUT2D eigenvalue weighted by Gasteiger charge is 2.27. The Morgan fingerprint density at radius 3 is 2.47 bits per heavy atom. The van der Waals surface area contributed by atoms with Crippen molar-refractivity contribution in [1.82, 2.24) is 4.31 Å². The van der Waals surface area contributed by atoms with Gasteiger partial charge in [-0.15, -0.1) is 0 Å².